The molecule has 1 saturated carbocycles. The van der Waals surface area contributed by atoms with E-state index in [1.54, 1.807) is 11.1 Å². The number of aryl methyl sites for hydroxylation is 1. The van der Waals surface area contributed by atoms with E-state index in [1.807, 2.05) is 0 Å². The number of hydrogen-bond acceptors (Lipinski definition) is 1. The highest BCUT2D eigenvalue weighted by Crippen LogP contribution is 2.38. The zero-order valence-corrected chi connectivity index (χ0v) is 9.91. The number of hydrogen-bond donors (Lipinski definition) is 1. The highest BCUT2D eigenvalue weighted by Gasteiger charge is 2.23. The van der Waals surface area contributed by atoms with Crippen LogP contribution < -0.4 is 5.73 Å². The number of nitrogens with two attached hydrogens (primary N) is 1. The van der Waals surface area contributed by atoms with E-state index in [1.165, 1.54) is 44.1 Å². The Labute approximate surface area is 98.0 Å². The summed E-state index contributed by atoms with van der Waals surface area (Å²) < 4.78 is 0. The monoisotopic (exact) mass is 215 g/mol. The molecule has 1 heteroatoms. The molecule has 86 valence electrons. The second-order valence-electron chi connectivity index (χ2n) is 5.41. The molecule has 0 heterocycles. The van der Waals surface area contributed by atoms with Crippen LogP contribution >= 0.6 is 0 Å². The number of fused-ring (bicyclic) bond motifs is 1. The van der Waals surface area contributed by atoms with Crippen LogP contribution in [0.15, 0.2) is 18.2 Å². The van der Waals surface area contributed by atoms with Crippen molar-refractivity contribution >= 4 is 0 Å². The average Bonchev–Trinajstić information content (AvgIpc) is 2.97. The van der Waals surface area contributed by atoms with Crippen LogP contribution in [-0.4, -0.2) is 6.54 Å². The second kappa shape index (κ2) is 4.21. The van der Waals surface area contributed by atoms with E-state index < -0.39 is 0 Å². The Balaban J connectivity index is 1.88. The Morgan fingerprint density at radius 2 is 1.94 bits per heavy atom. The van der Waals surface area contributed by atoms with Crippen LogP contribution in [-0.2, 0) is 6.42 Å². The molecule has 0 aliphatic heterocycles. The maximum Gasteiger partial charge on any atom is -0.000802 e. The van der Waals surface area contributed by atoms with Gasteiger partial charge in [-0.1, -0.05) is 31.0 Å². The van der Waals surface area contributed by atoms with E-state index in [-0.39, 0.29) is 0 Å². The predicted molar refractivity (Wildman–Crippen MR) is 67.8 cm³/mol. The fourth-order valence-electron chi connectivity index (χ4n) is 3.48. The van der Waals surface area contributed by atoms with E-state index in [4.69, 9.17) is 5.73 Å². The maximum atomic E-state index is 5.81. The minimum absolute atomic E-state index is 0.632. The molecule has 0 saturated heterocycles. The van der Waals surface area contributed by atoms with Crippen molar-refractivity contribution in [3.05, 3.63) is 34.9 Å². The van der Waals surface area contributed by atoms with Crippen LogP contribution in [0.3, 0.4) is 0 Å². The summed E-state index contributed by atoms with van der Waals surface area (Å²) in [4.78, 5) is 0. The third kappa shape index (κ3) is 1.67. The van der Waals surface area contributed by atoms with Gasteiger partial charge in [0.25, 0.3) is 0 Å². The van der Waals surface area contributed by atoms with Crippen molar-refractivity contribution in [2.45, 2.75) is 50.4 Å². The molecule has 3 rings (SSSR count). The van der Waals surface area contributed by atoms with Crippen LogP contribution in [0, 0.1) is 0 Å². The third-order valence-electron chi connectivity index (χ3n) is 4.48. The van der Waals surface area contributed by atoms with Crippen molar-refractivity contribution in [3.8, 4) is 0 Å². The minimum Gasteiger partial charge on any atom is -0.330 e. The Bertz CT molecular complexity index is 377. The Morgan fingerprint density at radius 3 is 2.69 bits per heavy atom. The van der Waals surface area contributed by atoms with Gasteiger partial charge in [0.05, 0.1) is 0 Å². The van der Waals surface area contributed by atoms with Gasteiger partial charge >= 0.3 is 0 Å². The Hall–Kier alpha value is -0.820. The van der Waals surface area contributed by atoms with Crippen LogP contribution in [0.25, 0.3) is 0 Å². The number of rotatable bonds is 2. The topological polar surface area (TPSA) is 26.0 Å². The molecule has 1 aromatic rings. The summed E-state index contributed by atoms with van der Waals surface area (Å²) in [6.45, 7) is 0.815. The Kier molecular flexibility index (Phi) is 2.72. The molecule has 16 heavy (non-hydrogen) atoms. The number of benzene rings is 1. The van der Waals surface area contributed by atoms with Crippen molar-refractivity contribution in [3.63, 3.8) is 0 Å². The van der Waals surface area contributed by atoms with Crippen molar-refractivity contribution in [1.82, 2.24) is 0 Å². The molecule has 0 radical (unpaired) electrons. The lowest BCUT2D eigenvalue weighted by Crippen LogP contribution is -2.09. The highest BCUT2D eigenvalue weighted by molar-refractivity contribution is 5.39. The van der Waals surface area contributed by atoms with Gasteiger partial charge in [-0.15, -0.1) is 0 Å². The zero-order valence-electron chi connectivity index (χ0n) is 9.91. The molecule has 1 atom stereocenters. The molecular weight excluding hydrogens is 194 g/mol. The van der Waals surface area contributed by atoms with Gasteiger partial charge in [0.15, 0.2) is 0 Å². The van der Waals surface area contributed by atoms with Crippen LogP contribution in [0.1, 0.15) is 60.6 Å². The molecule has 1 fully saturated rings. The smallest absolute Gasteiger partial charge is 0.000802 e. The standard InChI is InChI=1S/C15H21N/c16-10-14-6-5-13-9-12(7-8-15(13)14)11-3-1-2-4-11/h7-9,11,14H,1-6,10,16H2. The van der Waals surface area contributed by atoms with E-state index in [0.717, 1.165) is 12.5 Å². The molecule has 0 bridgehead atoms. The summed E-state index contributed by atoms with van der Waals surface area (Å²) in [5, 5.41) is 0. The molecule has 2 aliphatic carbocycles. The molecule has 1 unspecified atom stereocenters. The summed E-state index contributed by atoms with van der Waals surface area (Å²) in [7, 11) is 0. The van der Waals surface area contributed by atoms with E-state index in [9.17, 15) is 0 Å². The fraction of sp³-hybridized carbons (Fsp3) is 0.600. The third-order valence-corrected chi connectivity index (χ3v) is 4.48. The quantitative estimate of drug-likeness (QED) is 0.804. The van der Waals surface area contributed by atoms with Gasteiger partial charge < -0.3 is 5.73 Å². The first kappa shape index (κ1) is 10.3. The molecule has 0 amide bonds. The van der Waals surface area contributed by atoms with Gasteiger partial charge in [0.1, 0.15) is 0 Å². The second-order valence-corrected chi connectivity index (χ2v) is 5.41. The van der Waals surface area contributed by atoms with Gasteiger partial charge in [-0.25, -0.2) is 0 Å². The fourth-order valence-corrected chi connectivity index (χ4v) is 3.48. The Morgan fingerprint density at radius 1 is 1.12 bits per heavy atom. The van der Waals surface area contributed by atoms with Crippen LogP contribution in [0.5, 0.6) is 0 Å². The van der Waals surface area contributed by atoms with Crippen molar-refractivity contribution < 1.29 is 0 Å². The normalized spacial score (nSPS) is 24.9. The summed E-state index contributed by atoms with van der Waals surface area (Å²) in [5.74, 6) is 1.48. The maximum absolute atomic E-state index is 5.81. The predicted octanol–water partition coefficient (Wildman–Crippen LogP) is 3.33. The largest absolute Gasteiger partial charge is 0.330 e. The van der Waals surface area contributed by atoms with Gasteiger partial charge in [-0.2, -0.15) is 0 Å². The van der Waals surface area contributed by atoms with Crippen molar-refractivity contribution in [2.24, 2.45) is 5.73 Å². The van der Waals surface area contributed by atoms with Crippen LogP contribution in [0.2, 0.25) is 0 Å². The van der Waals surface area contributed by atoms with Crippen molar-refractivity contribution in [2.75, 3.05) is 6.54 Å². The van der Waals surface area contributed by atoms with E-state index >= 15 is 0 Å². The first-order valence-electron chi connectivity index (χ1n) is 6.71. The lowest BCUT2D eigenvalue weighted by molar-refractivity contribution is 0.688. The summed E-state index contributed by atoms with van der Waals surface area (Å²) >= 11 is 0. The first-order chi connectivity index (χ1) is 7.88. The molecule has 0 spiro atoms. The highest BCUT2D eigenvalue weighted by atomic mass is 14.6. The van der Waals surface area contributed by atoms with Crippen LogP contribution in [0.4, 0.5) is 0 Å². The molecule has 1 nitrogen and oxygen atoms in total. The average molecular weight is 215 g/mol. The van der Waals surface area contributed by atoms with Gasteiger partial charge in [0.2, 0.25) is 0 Å². The minimum atomic E-state index is 0.632. The molecule has 0 aromatic heterocycles. The summed E-state index contributed by atoms with van der Waals surface area (Å²) in [5.41, 5.74) is 10.5. The lowest BCUT2D eigenvalue weighted by Gasteiger charge is -2.13. The van der Waals surface area contributed by atoms with E-state index in [0.29, 0.717) is 5.92 Å². The molecule has 1 aromatic carbocycles. The first-order valence-corrected chi connectivity index (χ1v) is 6.71. The van der Waals surface area contributed by atoms with Crippen molar-refractivity contribution in [1.29, 1.82) is 0 Å². The van der Waals surface area contributed by atoms with Gasteiger partial charge in [-0.3, -0.25) is 0 Å². The van der Waals surface area contributed by atoms with Gasteiger partial charge in [-0.05, 0) is 60.8 Å². The van der Waals surface area contributed by atoms with Gasteiger partial charge in [0, 0.05) is 0 Å². The van der Waals surface area contributed by atoms with E-state index in [2.05, 4.69) is 18.2 Å². The zero-order chi connectivity index (χ0) is 11.0. The molecular formula is C15H21N. The summed E-state index contributed by atoms with van der Waals surface area (Å²) in [6.07, 6.45) is 8.16. The summed E-state index contributed by atoms with van der Waals surface area (Å²) in [6, 6.07) is 7.19. The molecule has 2 N–H and O–H groups in total. The molecule has 2 aliphatic rings. The SMILES string of the molecule is NCC1CCc2cc(C3CCCC3)ccc21. The lowest BCUT2D eigenvalue weighted by atomic mass is 9.93.